The van der Waals surface area contributed by atoms with Gasteiger partial charge in [0.2, 0.25) is 0 Å². The summed E-state index contributed by atoms with van der Waals surface area (Å²) >= 11 is 0. The van der Waals surface area contributed by atoms with E-state index in [0.717, 1.165) is 12.6 Å². The summed E-state index contributed by atoms with van der Waals surface area (Å²) in [7, 11) is 2.22. The molecule has 0 aliphatic heterocycles. The van der Waals surface area contributed by atoms with Crippen LogP contribution in [-0.2, 0) is 0 Å². The molecule has 3 rings (SSSR count). The standard InChI is InChI=1S/C18H24N2/c1-20(17-8-4-5-9-17)13-18(19)16-11-10-14-6-2-3-7-15(14)12-16/h2-3,6-7,10-12,17-18H,4-5,8-9,13,19H2,1H3. The molecule has 2 aromatic rings. The maximum atomic E-state index is 6.41. The Bertz CT molecular complexity index is 572. The van der Waals surface area contributed by atoms with Crippen LogP contribution in [0.25, 0.3) is 10.8 Å². The second-order valence-corrected chi connectivity index (χ2v) is 6.09. The predicted molar refractivity (Wildman–Crippen MR) is 85.8 cm³/mol. The molecule has 0 amide bonds. The summed E-state index contributed by atoms with van der Waals surface area (Å²) in [6.45, 7) is 0.947. The van der Waals surface area contributed by atoms with Crippen LogP contribution in [0.1, 0.15) is 37.3 Å². The van der Waals surface area contributed by atoms with Crippen LogP contribution < -0.4 is 5.73 Å². The lowest BCUT2D eigenvalue weighted by Crippen LogP contribution is -2.35. The minimum absolute atomic E-state index is 0.102. The van der Waals surface area contributed by atoms with Crippen LogP contribution in [-0.4, -0.2) is 24.5 Å². The minimum atomic E-state index is 0.102. The van der Waals surface area contributed by atoms with E-state index in [1.807, 2.05) is 0 Å². The van der Waals surface area contributed by atoms with Crippen molar-refractivity contribution in [3.63, 3.8) is 0 Å². The number of hydrogen-bond donors (Lipinski definition) is 1. The monoisotopic (exact) mass is 268 g/mol. The van der Waals surface area contributed by atoms with E-state index in [0.29, 0.717) is 0 Å². The molecule has 0 heterocycles. The fourth-order valence-electron chi connectivity index (χ4n) is 3.35. The maximum Gasteiger partial charge on any atom is 0.0424 e. The van der Waals surface area contributed by atoms with Gasteiger partial charge in [-0.05, 0) is 42.3 Å². The Balaban J connectivity index is 1.72. The topological polar surface area (TPSA) is 29.3 Å². The Hall–Kier alpha value is -1.38. The highest BCUT2D eigenvalue weighted by Crippen LogP contribution is 2.25. The molecule has 0 radical (unpaired) electrons. The van der Waals surface area contributed by atoms with E-state index in [9.17, 15) is 0 Å². The van der Waals surface area contributed by atoms with E-state index in [4.69, 9.17) is 5.73 Å². The molecular formula is C18H24N2. The normalized spacial score (nSPS) is 17.9. The lowest BCUT2D eigenvalue weighted by Gasteiger charge is -2.27. The zero-order chi connectivity index (χ0) is 13.9. The molecule has 0 bridgehead atoms. The van der Waals surface area contributed by atoms with Crippen molar-refractivity contribution in [3.05, 3.63) is 48.0 Å². The van der Waals surface area contributed by atoms with Crippen LogP contribution in [0.3, 0.4) is 0 Å². The van der Waals surface area contributed by atoms with Crippen LogP contribution in [0, 0.1) is 0 Å². The summed E-state index contributed by atoms with van der Waals surface area (Å²) < 4.78 is 0. The first-order valence-corrected chi connectivity index (χ1v) is 7.68. The summed E-state index contributed by atoms with van der Waals surface area (Å²) in [5.74, 6) is 0. The molecule has 1 saturated carbocycles. The molecule has 1 fully saturated rings. The Morgan fingerprint density at radius 1 is 1.10 bits per heavy atom. The average molecular weight is 268 g/mol. The van der Waals surface area contributed by atoms with Crippen LogP contribution in [0.15, 0.2) is 42.5 Å². The van der Waals surface area contributed by atoms with E-state index in [2.05, 4.69) is 54.4 Å². The van der Waals surface area contributed by atoms with Gasteiger partial charge in [-0.2, -0.15) is 0 Å². The van der Waals surface area contributed by atoms with Crippen molar-refractivity contribution in [2.75, 3.05) is 13.6 Å². The second-order valence-electron chi connectivity index (χ2n) is 6.09. The van der Waals surface area contributed by atoms with Crippen molar-refractivity contribution in [3.8, 4) is 0 Å². The minimum Gasteiger partial charge on any atom is -0.323 e. The van der Waals surface area contributed by atoms with Crippen LogP contribution in [0.4, 0.5) is 0 Å². The zero-order valence-electron chi connectivity index (χ0n) is 12.3. The third-order valence-corrected chi connectivity index (χ3v) is 4.63. The van der Waals surface area contributed by atoms with E-state index in [-0.39, 0.29) is 6.04 Å². The molecule has 0 spiro atoms. The van der Waals surface area contributed by atoms with Crippen molar-refractivity contribution < 1.29 is 0 Å². The molecule has 2 N–H and O–H groups in total. The van der Waals surface area contributed by atoms with E-state index in [1.54, 1.807) is 0 Å². The maximum absolute atomic E-state index is 6.41. The fourth-order valence-corrected chi connectivity index (χ4v) is 3.35. The quantitative estimate of drug-likeness (QED) is 0.916. The molecule has 2 heteroatoms. The van der Waals surface area contributed by atoms with Gasteiger partial charge in [-0.25, -0.2) is 0 Å². The number of fused-ring (bicyclic) bond motifs is 1. The van der Waals surface area contributed by atoms with Gasteiger partial charge in [-0.15, -0.1) is 0 Å². The van der Waals surface area contributed by atoms with Gasteiger partial charge in [0.05, 0.1) is 0 Å². The highest BCUT2D eigenvalue weighted by Gasteiger charge is 2.21. The number of likely N-dealkylation sites (N-methyl/N-ethyl adjacent to an activating group) is 1. The third-order valence-electron chi connectivity index (χ3n) is 4.63. The van der Waals surface area contributed by atoms with Crippen LogP contribution in [0.2, 0.25) is 0 Å². The number of nitrogens with zero attached hydrogens (tertiary/aromatic N) is 1. The molecule has 106 valence electrons. The van der Waals surface area contributed by atoms with Crippen LogP contribution in [0.5, 0.6) is 0 Å². The van der Waals surface area contributed by atoms with Crippen molar-refractivity contribution in [2.24, 2.45) is 5.73 Å². The molecule has 2 aromatic carbocycles. The smallest absolute Gasteiger partial charge is 0.0424 e. The molecular weight excluding hydrogens is 244 g/mol. The van der Waals surface area contributed by atoms with E-state index >= 15 is 0 Å². The number of nitrogens with two attached hydrogens (primary N) is 1. The third kappa shape index (κ3) is 2.87. The van der Waals surface area contributed by atoms with Gasteiger partial charge >= 0.3 is 0 Å². The van der Waals surface area contributed by atoms with Gasteiger partial charge in [0.15, 0.2) is 0 Å². The van der Waals surface area contributed by atoms with Gasteiger partial charge in [-0.3, -0.25) is 0 Å². The van der Waals surface area contributed by atoms with Crippen LogP contribution >= 0.6 is 0 Å². The highest BCUT2D eigenvalue weighted by molar-refractivity contribution is 5.83. The Kier molecular flexibility index (Phi) is 4.04. The van der Waals surface area contributed by atoms with Gasteiger partial charge in [0, 0.05) is 18.6 Å². The van der Waals surface area contributed by atoms with Crippen molar-refractivity contribution in [1.82, 2.24) is 4.90 Å². The lowest BCUT2D eigenvalue weighted by atomic mass is 10.0. The summed E-state index contributed by atoms with van der Waals surface area (Å²) in [5, 5.41) is 2.57. The molecule has 1 aliphatic carbocycles. The lowest BCUT2D eigenvalue weighted by molar-refractivity contribution is 0.232. The summed E-state index contributed by atoms with van der Waals surface area (Å²) in [6.07, 6.45) is 5.42. The second kappa shape index (κ2) is 5.94. The molecule has 1 unspecified atom stereocenters. The first-order chi connectivity index (χ1) is 9.74. The summed E-state index contributed by atoms with van der Waals surface area (Å²) in [4.78, 5) is 2.45. The summed E-state index contributed by atoms with van der Waals surface area (Å²) in [5.41, 5.74) is 7.66. The van der Waals surface area contributed by atoms with Crippen molar-refractivity contribution in [1.29, 1.82) is 0 Å². The molecule has 20 heavy (non-hydrogen) atoms. The first kappa shape index (κ1) is 13.6. The Morgan fingerprint density at radius 3 is 2.55 bits per heavy atom. The zero-order valence-corrected chi connectivity index (χ0v) is 12.3. The molecule has 1 atom stereocenters. The average Bonchev–Trinajstić information content (AvgIpc) is 3.01. The highest BCUT2D eigenvalue weighted by atomic mass is 15.1. The van der Waals surface area contributed by atoms with Crippen molar-refractivity contribution >= 4 is 10.8 Å². The predicted octanol–water partition coefficient (Wildman–Crippen LogP) is 3.71. The number of hydrogen-bond acceptors (Lipinski definition) is 2. The molecule has 1 aliphatic rings. The van der Waals surface area contributed by atoms with Gasteiger partial charge in [0.25, 0.3) is 0 Å². The largest absolute Gasteiger partial charge is 0.323 e. The number of rotatable bonds is 4. The first-order valence-electron chi connectivity index (χ1n) is 7.68. The number of benzene rings is 2. The Morgan fingerprint density at radius 2 is 1.80 bits per heavy atom. The SMILES string of the molecule is CN(CC(N)c1ccc2ccccc2c1)C1CCCC1. The Labute approximate surface area is 121 Å². The van der Waals surface area contributed by atoms with Gasteiger partial charge in [-0.1, -0.05) is 49.2 Å². The molecule has 2 nitrogen and oxygen atoms in total. The van der Waals surface area contributed by atoms with Gasteiger partial charge in [0.1, 0.15) is 0 Å². The summed E-state index contributed by atoms with van der Waals surface area (Å²) in [6, 6.07) is 15.9. The van der Waals surface area contributed by atoms with Gasteiger partial charge < -0.3 is 10.6 Å². The molecule has 0 aromatic heterocycles. The molecule has 0 saturated heterocycles. The van der Waals surface area contributed by atoms with E-state index in [1.165, 1.54) is 42.0 Å². The fraction of sp³-hybridized carbons (Fsp3) is 0.444. The van der Waals surface area contributed by atoms with Crippen molar-refractivity contribution in [2.45, 2.75) is 37.8 Å². The van der Waals surface area contributed by atoms with E-state index < -0.39 is 0 Å².